The Morgan fingerprint density at radius 2 is 1.55 bits per heavy atom. The molecule has 0 spiro atoms. The van der Waals surface area contributed by atoms with Crippen LogP contribution in [0.5, 0.6) is 0 Å². The molecule has 0 unspecified atom stereocenters. The quantitative estimate of drug-likeness (QED) is 0.456. The number of hydrogen-bond acceptors (Lipinski definition) is 2. The van der Waals surface area contributed by atoms with Crippen LogP contribution in [-0.2, 0) is 9.53 Å². The van der Waals surface area contributed by atoms with Gasteiger partial charge in [-0.05, 0) is 6.92 Å². The number of rotatable bonds is 5. The van der Waals surface area contributed by atoms with Gasteiger partial charge in [0.2, 0.25) is 0 Å². The Bertz CT molecular complexity index is 58.6. The fraction of sp³-hybridized carbons (Fsp3) is 0.889. The van der Waals surface area contributed by atoms with Crippen molar-refractivity contribution in [3.05, 3.63) is 0 Å². The Hall–Kier alpha value is -0.530. The van der Waals surface area contributed by atoms with E-state index in [9.17, 15) is 4.79 Å². The molecule has 0 bridgehead atoms. The average molecular weight is 160 g/mol. The molecule has 0 saturated heterocycles. The Morgan fingerprint density at radius 3 is 1.64 bits per heavy atom. The summed E-state index contributed by atoms with van der Waals surface area (Å²) in [7, 11) is 0. The molecular formula is C9H20O2. The molecule has 68 valence electrons. The predicted octanol–water partition coefficient (Wildman–Crippen LogP) is 2.77. The zero-order chi connectivity index (χ0) is 8.95. The first-order valence-electron chi connectivity index (χ1n) is 4.38. The molecule has 0 atom stereocenters. The highest BCUT2D eigenvalue weighted by atomic mass is 16.5. The minimum atomic E-state index is 0.431. The maximum Gasteiger partial charge on any atom is 0.293 e. The summed E-state index contributed by atoms with van der Waals surface area (Å²) >= 11 is 0. The van der Waals surface area contributed by atoms with E-state index in [4.69, 9.17) is 0 Å². The van der Waals surface area contributed by atoms with Crippen LogP contribution in [0.1, 0.15) is 46.5 Å². The summed E-state index contributed by atoms with van der Waals surface area (Å²) in [6.07, 6.45) is 5.54. The van der Waals surface area contributed by atoms with Gasteiger partial charge in [0, 0.05) is 0 Å². The minimum Gasteiger partial charge on any atom is -0.468 e. The van der Waals surface area contributed by atoms with Crippen LogP contribution in [0.4, 0.5) is 0 Å². The lowest BCUT2D eigenvalue weighted by Crippen LogP contribution is -1.80. The van der Waals surface area contributed by atoms with Crippen molar-refractivity contribution in [2.75, 3.05) is 6.61 Å². The molecule has 0 radical (unpaired) electrons. The fourth-order valence-electron chi connectivity index (χ4n) is 0.568. The number of unbranched alkanes of at least 4 members (excludes halogenated alkanes) is 3. The Kier molecular flexibility index (Phi) is 19.3. The number of carbonyl (C=O) groups excluding carboxylic acids is 1. The zero-order valence-corrected chi connectivity index (χ0v) is 7.93. The summed E-state index contributed by atoms with van der Waals surface area (Å²) in [5.74, 6) is 0. The van der Waals surface area contributed by atoms with E-state index in [1.807, 2.05) is 0 Å². The Morgan fingerprint density at radius 1 is 1.09 bits per heavy atom. The smallest absolute Gasteiger partial charge is 0.293 e. The second-order valence-corrected chi connectivity index (χ2v) is 2.26. The monoisotopic (exact) mass is 160 g/mol. The summed E-state index contributed by atoms with van der Waals surface area (Å²) in [5, 5.41) is 0. The van der Waals surface area contributed by atoms with E-state index in [1.165, 1.54) is 25.7 Å². The van der Waals surface area contributed by atoms with Gasteiger partial charge >= 0.3 is 0 Å². The summed E-state index contributed by atoms with van der Waals surface area (Å²) < 4.78 is 4.15. The van der Waals surface area contributed by atoms with Gasteiger partial charge in [-0.15, -0.1) is 0 Å². The number of ether oxygens (including phenoxy) is 1. The summed E-state index contributed by atoms with van der Waals surface area (Å²) in [6, 6.07) is 0. The maximum absolute atomic E-state index is 9.18. The molecule has 0 saturated carbocycles. The molecular weight excluding hydrogens is 140 g/mol. The van der Waals surface area contributed by atoms with E-state index >= 15 is 0 Å². The Balaban J connectivity index is 0. The molecule has 2 nitrogen and oxygen atoms in total. The second kappa shape index (κ2) is 16.2. The molecule has 0 aromatic rings. The third kappa shape index (κ3) is 26.4. The third-order valence-electron chi connectivity index (χ3n) is 1.19. The van der Waals surface area contributed by atoms with E-state index < -0.39 is 0 Å². The van der Waals surface area contributed by atoms with Crippen molar-refractivity contribution in [1.29, 1.82) is 0 Å². The third-order valence-corrected chi connectivity index (χ3v) is 1.19. The maximum atomic E-state index is 9.18. The predicted molar refractivity (Wildman–Crippen MR) is 47.5 cm³/mol. The lowest BCUT2D eigenvalue weighted by molar-refractivity contribution is -0.128. The van der Waals surface area contributed by atoms with E-state index in [0.717, 1.165) is 0 Å². The standard InChI is InChI=1S/C6H14.C3H6O2/c1-3-5-6-4-2;1-2-5-3-4/h3-6H2,1-2H3;3H,2H2,1H3. The first-order valence-corrected chi connectivity index (χ1v) is 4.38. The van der Waals surface area contributed by atoms with Crippen molar-refractivity contribution in [1.82, 2.24) is 0 Å². The van der Waals surface area contributed by atoms with Gasteiger partial charge in [-0.3, -0.25) is 4.79 Å². The van der Waals surface area contributed by atoms with Gasteiger partial charge in [-0.1, -0.05) is 39.5 Å². The van der Waals surface area contributed by atoms with Crippen molar-refractivity contribution < 1.29 is 9.53 Å². The molecule has 0 aliphatic rings. The SMILES string of the molecule is CCCCCC.CCOC=O. The largest absolute Gasteiger partial charge is 0.468 e. The molecule has 0 aromatic carbocycles. The Labute approximate surface area is 69.9 Å². The van der Waals surface area contributed by atoms with Crippen LogP contribution in [0.3, 0.4) is 0 Å². The van der Waals surface area contributed by atoms with Crippen LogP contribution in [0.2, 0.25) is 0 Å². The van der Waals surface area contributed by atoms with E-state index in [-0.39, 0.29) is 0 Å². The first kappa shape index (κ1) is 13.1. The molecule has 0 aromatic heterocycles. The van der Waals surface area contributed by atoms with Gasteiger partial charge in [-0.25, -0.2) is 0 Å². The lowest BCUT2D eigenvalue weighted by atomic mass is 10.2. The molecule has 0 N–H and O–H groups in total. The van der Waals surface area contributed by atoms with Crippen LogP contribution < -0.4 is 0 Å². The minimum absolute atomic E-state index is 0.431. The average Bonchev–Trinajstić information content (AvgIpc) is 2.04. The van der Waals surface area contributed by atoms with E-state index in [2.05, 4.69) is 18.6 Å². The summed E-state index contributed by atoms with van der Waals surface area (Å²) in [4.78, 5) is 9.18. The first-order chi connectivity index (χ1) is 5.33. The highest BCUT2D eigenvalue weighted by molar-refractivity contribution is 5.36. The van der Waals surface area contributed by atoms with Crippen LogP contribution in [0, 0.1) is 0 Å². The molecule has 0 rings (SSSR count). The van der Waals surface area contributed by atoms with Crippen LogP contribution in [-0.4, -0.2) is 13.1 Å². The van der Waals surface area contributed by atoms with Gasteiger partial charge in [0.1, 0.15) is 0 Å². The second-order valence-electron chi connectivity index (χ2n) is 2.26. The van der Waals surface area contributed by atoms with Crippen molar-refractivity contribution >= 4 is 6.47 Å². The highest BCUT2D eigenvalue weighted by Gasteiger charge is 1.75. The highest BCUT2D eigenvalue weighted by Crippen LogP contribution is 1.95. The van der Waals surface area contributed by atoms with Gasteiger partial charge < -0.3 is 4.74 Å². The van der Waals surface area contributed by atoms with E-state index in [1.54, 1.807) is 6.92 Å². The molecule has 0 aliphatic heterocycles. The zero-order valence-electron chi connectivity index (χ0n) is 7.93. The van der Waals surface area contributed by atoms with Crippen molar-refractivity contribution in [2.45, 2.75) is 46.5 Å². The number of carbonyl (C=O) groups is 1. The molecule has 0 fully saturated rings. The van der Waals surface area contributed by atoms with Crippen LogP contribution >= 0.6 is 0 Å². The number of hydrogen-bond donors (Lipinski definition) is 0. The van der Waals surface area contributed by atoms with Gasteiger partial charge in [-0.2, -0.15) is 0 Å². The molecule has 2 heteroatoms. The van der Waals surface area contributed by atoms with Gasteiger partial charge in [0.05, 0.1) is 6.61 Å². The topological polar surface area (TPSA) is 26.3 Å². The van der Waals surface area contributed by atoms with Crippen molar-refractivity contribution in [3.63, 3.8) is 0 Å². The summed E-state index contributed by atoms with van der Waals surface area (Å²) in [6.45, 7) is 7.13. The molecule has 0 amide bonds. The fourth-order valence-corrected chi connectivity index (χ4v) is 0.568. The lowest BCUT2D eigenvalue weighted by Gasteiger charge is -1.86. The summed E-state index contributed by atoms with van der Waals surface area (Å²) in [5.41, 5.74) is 0. The van der Waals surface area contributed by atoms with Crippen molar-refractivity contribution in [2.24, 2.45) is 0 Å². The normalized spacial score (nSPS) is 7.91. The van der Waals surface area contributed by atoms with E-state index in [0.29, 0.717) is 13.1 Å². The molecule has 11 heavy (non-hydrogen) atoms. The molecule has 0 aliphatic carbocycles. The van der Waals surface area contributed by atoms with Crippen LogP contribution in [0.25, 0.3) is 0 Å². The van der Waals surface area contributed by atoms with Gasteiger partial charge in [0.15, 0.2) is 0 Å². The molecule has 0 heterocycles. The van der Waals surface area contributed by atoms with Crippen molar-refractivity contribution in [3.8, 4) is 0 Å². The van der Waals surface area contributed by atoms with Gasteiger partial charge in [0.25, 0.3) is 6.47 Å². The van der Waals surface area contributed by atoms with Crippen LogP contribution in [0.15, 0.2) is 0 Å².